The molecular weight excluding hydrogens is 737 g/mol. The molecule has 2 amide bonds. The van der Waals surface area contributed by atoms with Crippen LogP contribution in [-0.4, -0.2) is 65.1 Å². The monoisotopic (exact) mass is 776 g/mol. The number of nitrogens with one attached hydrogen (secondary N) is 2. The number of nitriles is 2. The molecule has 0 radical (unpaired) electrons. The van der Waals surface area contributed by atoms with E-state index < -0.39 is 0 Å². The van der Waals surface area contributed by atoms with Gasteiger partial charge >= 0.3 is 0 Å². The molecule has 292 valence electrons. The highest BCUT2D eigenvalue weighted by Gasteiger charge is 2.43. The molecule has 16 heteroatoms. The van der Waals surface area contributed by atoms with Gasteiger partial charge in [-0.1, -0.05) is 0 Å². The van der Waals surface area contributed by atoms with Crippen molar-refractivity contribution in [2.75, 3.05) is 35.3 Å². The minimum atomic E-state index is -0.123. The fraction of sp³-hybridized carbons (Fsp3) is 0.286. The Bertz CT molecular complexity index is 2430. The third kappa shape index (κ3) is 8.79. The molecule has 0 saturated heterocycles. The number of nitrogens with zero attached hydrogens (tertiary/aromatic N) is 8. The van der Waals surface area contributed by atoms with Crippen molar-refractivity contribution in [3.8, 4) is 34.7 Å². The van der Waals surface area contributed by atoms with Gasteiger partial charge in [-0.3, -0.25) is 19.6 Å². The highest BCUT2D eigenvalue weighted by Crippen LogP contribution is 2.42. The molecule has 2 aliphatic rings. The number of aliphatic hydroxyl groups excluding tert-OH is 2. The minimum Gasteiger partial charge on any atom is -0.396 e. The van der Waals surface area contributed by atoms with Crippen molar-refractivity contribution in [1.29, 1.82) is 10.5 Å². The Morgan fingerprint density at radius 2 is 1.12 bits per heavy atom. The van der Waals surface area contributed by atoms with Crippen LogP contribution in [0.2, 0.25) is 0 Å². The zero-order chi connectivity index (χ0) is 40.8. The van der Waals surface area contributed by atoms with Crippen molar-refractivity contribution in [1.82, 2.24) is 29.9 Å². The Morgan fingerprint density at radius 3 is 1.52 bits per heavy atom. The van der Waals surface area contributed by atoms with Gasteiger partial charge in [0, 0.05) is 97.0 Å². The molecule has 8 N–H and O–H groups in total. The van der Waals surface area contributed by atoms with E-state index in [1.54, 1.807) is 49.3 Å². The number of hydrogen-bond acceptors (Lipinski definition) is 14. The SMILES string of the molecule is N#CC[C@@H]1C[C@H]1C(=O)Nc1cc2cc(-c3cnccc3CCO)nc(N)c2cn1.N#CC[C@H]1C[C@@H]1C(=O)Nc1cc2cc(-c3cnccc3CCO)nc(N)c2cn1. The summed E-state index contributed by atoms with van der Waals surface area (Å²) in [5, 5.41) is 44.7. The number of carbonyl (C=O) groups is 2. The normalized spacial score (nSPS) is 17.7. The van der Waals surface area contributed by atoms with E-state index in [4.69, 9.17) is 22.0 Å². The molecular formula is C42H40N12O4. The summed E-state index contributed by atoms with van der Waals surface area (Å²) >= 11 is 0. The van der Waals surface area contributed by atoms with E-state index in [1.807, 2.05) is 24.3 Å². The predicted octanol–water partition coefficient (Wildman–Crippen LogP) is 4.59. The summed E-state index contributed by atoms with van der Waals surface area (Å²) < 4.78 is 0. The van der Waals surface area contributed by atoms with E-state index in [2.05, 4.69) is 52.7 Å². The van der Waals surface area contributed by atoms with Crippen LogP contribution < -0.4 is 22.1 Å². The Kier molecular flexibility index (Phi) is 11.7. The molecule has 0 aliphatic heterocycles. The molecule has 0 bridgehead atoms. The summed E-state index contributed by atoms with van der Waals surface area (Å²) in [5.74, 6) is 1.34. The zero-order valence-corrected chi connectivity index (χ0v) is 31.3. The number of nitrogens with two attached hydrogens (primary N) is 2. The predicted molar refractivity (Wildman–Crippen MR) is 217 cm³/mol. The van der Waals surface area contributed by atoms with Crippen molar-refractivity contribution in [2.24, 2.45) is 23.7 Å². The van der Waals surface area contributed by atoms with E-state index in [1.165, 1.54) is 0 Å². The molecule has 0 aromatic carbocycles. The maximum absolute atomic E-state index is 12.3. The van der Waals surface area contributed by atoms with E-state index in [0.29, 0.717) is 71.1 Å². The van der Waals surface area contributed by atoms with Gasteiger partial charge in [-0.25, -0.2) is 19.9 Å². The van der Waals surface area contributed by atoms with Crippen LogP contribution in [0, 0.1) is 46.3 Å². The molecule has 8 rings (SSSR count). The lowest BCUT2D eigenvalue weighted by Crippen LogP contribution is -2.15. The van der Waals surface area contributed by atoms with Crippen molar-refractivity contribution < 1.29 is 19.8 Å². The third-order valence-corrected chi connectivity index (χ3v) is 10.4. The number of rotatable bonds is 12. The molecule has 0 spiro atoms. The number of fused-ring (bicyclic) bond motifs is 2. The lowest BCUT2D eigenvalue weighted by molar-refractivity contribution is -0.118. The first-order valence-corrected chi connectivity index (χ1v) is 18.8. The van der Waals surface area contributed by atoms with Gasteiger partial charge < -0.3 is 32.3 Å². The summed E-state index contributed by atoms with van der Waals surface area (Å²) in [4.78, 5) is 50.5. The van der Waals surface area contributed by atoms with Crippen LogP contribution in [-0.2, 0) is 22.4 Å². The second kappa shape index (κ2) is 17.3. The molecule has 2 fully saturated rings. The summed E-state index contributed by atoms with van der Waals surface area (Å²) in [6.45, 7) is 0.0439. The minimum absolute atomic E-state index is 0.0220. The summed E-state index contributed by atoms with van der Waals surface area (Å²) in [5.41, 5.74) is 17.0. The quantitative estimate of drug-likeness (QED) is 0.0992. The lowest BCUT2D eigenvalue weighted by Gasteiger charge is -2.11. The first kappa shape index (κ1) is 39.1. The second-order valence-electron chi connectivity index (χ2n) is 14.3. The van der Waals surface area contributed by atoms with Crippen LogP contribution in [0.25, 0.3) is 44.1 Å². The standard InChI is InChI=1S/2C21H20N6O2/c2*22-4-1-13-7-15(13)21(29)27-19-9-14-8-18(26-20(23)17(14)11-25-19)16-10-24-5-2-12(16)3-6-28/h2*2,5,8-11,13,15,28H,1,3,6-7H2,(H2,23,26)(H,25,27,29)/t2*13-,15-/m10/s1. The molecule has 0 unspecified atom stereocenters. The van der Waals surface area contributed by atoms with Crippen LogP contribution in [0.15, 0.2) is 73.6 Å². The number of hydrogen-bond donors (Lipinski definition) is 6. The number of aliphatic hydroxyl groups is 2. The maximum Gasteiger partial charge on any atom is 0.228 e. The Hall–Kier alpha value is -7.14. The number of aromatic nitrogens is 6. The first-order valence-electron chi connectivity index (χ1n) is 18.8. The van der Waals surface area contributed by atoms with Gasteiger partial charge in [-0.2, -0.15) is 10.5 Å². The average molecular weight is 777 g/mol. The van der Waals surface area contributed by atoms with Crippen molar-refractivity contribution in [3.63, 3.8) is 0 Å². The van der Waals surface area contributed by atoms with Crippen LogP contribution >= 0.6 is 0 Å². The van der Waals surface area contributed by atoms with Crippen LogP contribution in [0.1, 0.15) is 36.8 Å². The number of pyridine rings is 6. The Balaban J connectivity index is 0.000000177. The summed E-state index contributed by atoms with van der Waals surface area (Å²) in [6, 6.07) is 15.2. The zero-order valence-electron chi connectivity index (χ0n) is 31.3. The summed E-state index contributed by atoms with van der Waals surface area (Å²) in [6.07, 6.45) is 13.2. The number of anilines is 4. The first-order chi connectivity index (χ1) is 28.2. The smallest absolute Gasteiger partial charge is 0.228 e. The molecule has 6 aromatic heterocycles. The maximum atomic E-state index is 12.3. The second-order valence-corrected chi connectivity index (χ2v) is 14.3. The summed E-state index contributed by atoms with van der Waals surface area (Å²) in [7, 11) is 0. The largest absolute Gasteiger partial charge is 0.396 e. The highest BCUT2D eigenvalue weighted by molar-refractivity contribution is 6.00. The van der Waals surface area contributed by atoms with Gasteiger partial charge in [-0.05, 0) is 95.8 Å². The van der Waals surface area contributed by atoms with E-state index in [0.717, 1.165) is 45.9 Å². The molecule has 16 nitrogen and oxygen atoms in total. The third-order valence-electron chi connectivity index (χ3n) is 10.4. The van der Waals surface area contributed by atoms with Gasteiger partial charge in [0.25, 0.3) is 0 Å². The molecule has 6 aromatic rings. The van der Waals surface area contributed by atoms with Gasteiger partial charge in [0.05, 0.1) is 23.5 Å². The molecule has 2 aliphatic carbocycles. The highest BCUT2D eigenvalue weighted by atomic mass is 16.3. The number of amides is 2. The van der Waals surface area contributed by atoms with Gasteiger partial charge in [0.2, 0.25) is 11.8 Å². The fourth-order valence-electron chi connectivity index (χ4n) is 7.01. The van der Waals surface area contributed by atoms with E-state index in [9.17, 15) is 19.8 Å². The molecule has 6 heterocycles. The van der Waals surface area contributed by atoms with Crippen molar-refractivity contribution in [3.05, 3.63) is 84.7 Å². The lowest BCUT2D eigenvalue weighted by atomic mass is 10.0. The van der Waals surface area contributed by atoms with Gasteiger partial charge in [0.1, 0.15) is 23.3 Å². The van der Waals surface area contributed by atoms with E-state index >= 15 is 0 Å². The van der Waals surface area contributed by atoms with Crippen LogP contribution in [0.3, 0.4) is 0 Å². The average Bonchev–Trinajstić information content (AvgIpc) is 4.16. The molecule has 4 atom stereocenters. The topological polar surface area (TPSA) is 276 Å². The van der Waals surface area contributed by atoms with Crippen molar-refractivity contribution >= 4 is 56.6 Å². The van der Waals surface area contributed by atoms with Crippen LogP contribution in [0.5, 0.6) is 0 Å². The number of carbonyl (C=O) groups excluding carboxylic acids is 2. The molecule has 58 heavy (non-hydrogen) atoms. The van der Waals surface area contributed by atoms with E-state index in [-0.39, 0.29) is 48.7 Å². The Morgan fingerprint density at radius 1 is 0.690 bits per heavy atom. The van der Waals surface area contributed by atoms with Gasteiger partial charge in [-0.15, -0.1) is 0 Å². The van der Waals surface area contributed by atoms with Gasteiger partial charge in [0.15, 0.2) is 0 Å². The fourth-order valence-corrected chi connectivity index (χ4v) is 7.01. The molecule has 2 saturated carbocycles. The number of nitrogen functional groups attached to an aromatic ring is 2. The Labute approximate surface area is 333 Å². The van der Waals surface area contributed by atoms with Crippen LogP contribution in [0.4, 0.5) is 23.3 Å². The van der Waals surface area contributed by atoms with Crippen molar-refractivity contribution in [2.45, 2.75) is 38.5 Å².